The van der Waals surface area contributed by atoms with Gasteiger partial charge in [-0.1, -0.05) is 0 Å². The monoisotopic (exact) mass is 283 g/mol. The molecule has 1 rings (SSSR count). The number of halogens is 3. The largest absolute Gasteiger partial charge is 0.488 e. The van der Waals surface area contributed by atoms with E-state index < -0.39 is 11.9 Å². The summed E-state index contributed by atoms with van der Waals surface area (Å²) in [5.74, 6) is -0.199. The molecular formula is C9H12F3N3O2S. The molecule has 0 radical (unpaired) electrons. The topological polar surface area (TPSA) is 67.0 Å². The van der Waals surface area contributed by atoms with Crippen LogP contribution in [0, 0.1) is 0 Å². The van der Waals surface area contributed by atoms with Crippen LogP contribution in [0.15, 0.2) is 6.20 Å². The van der Waals surface area contributed by atoms with Crippen molar-refractivity contribution in [2.24, 2.45) is 0 Å². The molecule has 5 nitrogen and oxygen atoms in total. The molecule has 0 atom stereocenters. The Hall–Kier alpha value is -1.38. The van der Waals surface area contributed by atoms with Crippen LogP contribution in [0.1, 0.15) is 12.1 Å². The van der Waals surface area contributed by atoms with Gasteiger partial charge in [-0.2, -0.15) is 30.9 Å². The number of amides is 1. The Bertz CT molecular complexity index is 395. The number of nitrogens with one attached hydrogen (secondary N) is 2. The summed E-state index contributed by atoms with van der Waals surface area (Å²) in [4.78, 5) is 11.0. The first kappa shape index (κ1) is 14.7. The number of aromatic nitrogens is 2. The first-order valence-electron chi connectivity index (χ1n) is 5.06. The second kappa shape index (κ2) is 6.53. The molecule has 18 heavy (non-hydrogen) atoms. The first-order valence-corrected chi connectivity index (χ1v) is 5.69. The molecule has 1 amide bonds. The zero-order valence-corrected chi connectivity index (χ0v) is 10.1. The standard InChI is InChI=1S/C9H12F3N3O2S/c10-9(11,12)8-6(5-14-15-8)17-3-2-13-7(16)1-4-18/h5,18H,1-4H2,(H,13,16)(H,14,15). The third-order valence-electron chi connectivity index (χ3n) is 1.91. The van der Waals surface area contributed by atoms with Crippen LogP contribution < -0.4 is 10.1 Å². The summed E-state index contributed by atoms with van der Waals surface area (Å²) in [6, 6.07) is 0. The maximum atomic E-state index is 12.4. The Morgan fingerprint density at radius 2 is 2.28 bits per heavy atom. The molecule has 9 heteroatoms. The molecule has 0 saturated carbocycles. The summed E-state index contributed by atoms with van der Waals surface area (Å²) in [6.07, 6.45) is -3.35. The molecular weight excluding hydrogens is 271 g/mol. The van der Waals surface area contributed by atoms with Crippen molar-refractivity contribution in [1.82, 2.24) is 15.5 Å². The molecule has 1 aromatic rings. The average molecular weight is 283 g/mol. The van der Waals surface area contributed by atoms with Crippen LogP contribution in [0.4, 0.5) is 13.2 Å². The summed E-state index contributed by atoms with van der Waals surface area (Å²) in [7, 11) is 0. The number of hydrogen-bond donors (Lipinski definition) is 3. The Morgan fingerprint density at radius 1 is 1.56 bits per heavy atom. The number of ether oxygens (including phenoxy) is 1. The molecule has 0 aliphatic carbocycles. The van der Waals surface area contributed by atoms with E-state index in [9.17, 15) is 18.0 Å². The summed E-state index contributed by atoms with van der Waals surface area (Å²) in [5, 5.41) is 7.56. The Balaban J connectivity index is 2.36. The van der Waals surface area contributed by atoms with Crippen LogP contribution in [0.3, 0.4) is 0 Å². The van der Waals surface area contributed by atoms with Crippen molar-refractivity contribution in [2.75, 3.05) is 18.9 Å². The number of thiol groups is 1. The Labute approximate surface area is 106 Å². The van der Waals surface area contributed by atoms with Gasteiger partial charge in [0.05, 0.1) is 12.7 Å². The second-order valence-electron chi connectivity index (χ2n) is 3.28. The van der Waals surface area contributed by atoms with Crippen molar-refractivity contribution in [3.63, 3.8) is 0 Å². The molecule has 0 bridgehead atoms. The van der Waals surface area contributed by atoms with Gasteiger partial charge in [-0.05, 0) is 5.75 Å². The van der Waals surface area contributed by atoms with E-state index in [1.165, 1.54) is 0 Å². The predicted octanol–water partition coefficient (Wildman–Crippen LogP) is 1.24. The van der Waals surface area contributed by atoms with Gasteiger partial charge in [0.15, 0.2) is 11.4 Å². The van der Waals surface area contributed by atoms with E-state index in [1.807, 2.05) is 5.10 Å². The van der Waals surface area contributed by atoms with Crippen LogP contribution in [-0.2, 0) is 11.0 Å². The number of carbonyl (C=O) groups is 1. The second-order valence-corrected chi connectivity index (χ2v) is 3.73. The fourth-order valence-electron chi connectivity index (χ4n) is 1.13. The lowest BCUT2D eigenvalue weighted by molar-refractivity contribution is -0.142. The third kappa shape index (κ3) is 4.47. The molecule has 0 saturated heterocycles. The van der Waals surface area contributed by atoms with Crippen LogP contribution in [0.5, 0.6) is 5.75 Å². The van der Waals surface area contributed by atoms with E-state index in [4.69, 9.17) is 4.74 Å². The maximum absolute atomic E-state index is 12.4. The molecule has 0 unspecified atom stereocenters. The molecule has 0 aliphatic heterocycles. The number of rotatable bonds is 6. The van der Waals surface area contributed by atoms with Gasteiger partial charge >= 0.3 is 6.18 Å². The fraction of sp³-hybridized carbons (Fsp3) is 0.556. The minimum atomic E-state index is -4.54. The lowest BCUT2D eigenvalue weighted by Crippen LogP contribution is -2.28. The van der Waals surface area contributed by atoms with E-state index in [1.54, 1.807) is 0 Å². The summed E-state index contributed by atoms with van der Waals surface area (Å²) >= 11 is 3.87. The van der Waals surface area contributed by atoms with E-state index in [2.05, 4.69) is 23.0 Å². The minimum absolute atomic E-state index is 0.0685. The van der Waals surface area contributed by atoms with Crippen molar-refractivity contribution < 1.29 is 22.7 Å². The van der Waals surface area contributed by atoms with Crippen molar-refractivity contribution in [3.8, 4) is 5.75 Å². The van der Waals surface area contributed by atoms with Crippen molar-refractivity contribution in [3.05, 3.63) is 11.9 Å². The highest BCUT2D eigenvalue weighted by Gasteiger charge is 2.36. The first-order chi connectivity index (χ1) is 8.45. The molecule has 102 valence electrons. The zero-order valence-electron chi connectivity index (χ0n) is 9.25. The van der Waals surface area contributed by atoms with E-state index in [-0.39, 0.29) is 31.2 Å². The maximum Gasteiger partial charge on any atom is 0.436 e. The number of nitrogens with zero attached hydrogens (tertiary/aromatic N) is 1. The SMILES string of the molecule is O=C(CCS)NCCOc1cn[nH]c1C(F)(F)F. The average Bonchev–Trinajstić information content (AvgIpc) is 2.72. The predicted molar refractivity (Wildman–Crippen MR) is 60.6 cm³/mol. The van der Waals surface area contributed by atoms with Crippen LogP contribution in [0.25, 0.3) is 0 Å². The van der Waals surface area contributed by atoms with Gasteiger partial charge < -0.3 is 10.1 Å². The van der Waals surface area contributed by atoms with Crippen molar-refractivity contribution in [2.45, 2.75) is 12.6 Å². The lowest BCUT2D eigenvalue weighted by atomic mass is 10.4. The minimum Gasteiger partial charge on any atom is -0.488 e. The van der Waals surface area contributed by atoms with Gasteiger partial charge in [-0.3, -0.25) is 9.89 Å². The van der Waals surface area contributed by atoms with Crippen LogP contribution in [0.2, 0.25) is 0 Å². The highest BCUT2D eigenvalue weighted by molar-refractivity contribution is 7.80. The highest BCUT2D eigenvalue weighted by atomic mass is 32.1. The van der Waals surface area contributed by atoms with Crippen molar-refractivity contribution in [1.29, 1.82) is 0 Å². The normalized spacial score (nSPS) is 11.3. The number of hydrogen-bond acceptors (Lipinski definition) is 4. The number of aromatic amines is 1. The number of H-pyrrole nitrogens is 1. The smallest absolute Gasteiger partial charge is 0.436 e. The number of alkyl halides is 3. The summed E-state index contributed by atoms with van der Waals surface area (Å²) in [6.45, 7) is 0.0516. The molecule has 2 N–H and O–H groups in total. The summed E-state index contributed by atoms with van der Waals surface area (Å²) in [5.41, 5.74) is -1.04. The molecule has 1 aromatic heterocycles. The molecule has 0 aliphatic rings. The molecule has 1 heterocycles. The van der Waals surface area contributed by atoms with Crippen LogP contribution in [-0.4, -0.2) is 35.0 Å². The van der Waals surface area contributed by atoms with Gasteiger partial charge in [-0.15, -0.1) is 0 Å². The Morgan fingerprint density at radius 3 is 2.89 bits per heavy atom. The van der Waals surface area contributed by atoms with Crippen LogP contribution >= 0.6 is 12.6 Å². The van der Waals surface area contributed by atoms with Gasteiger partial charge in [0.1, 0.15) is 6.61 Å². The summed E-state index contributed by atoms with van der Waals surface area (Å²) < 4.78 is 42.1. The van der Waals surface area contributed by atoms with Gasteiger partial charge in [0.2, 0.25) is 5.91 Å². The van der Waals surface area contributed by atoms with Gasteiger partial charge in [0, 0.05) is 6.42 Å². The van der Waals surface area contributed by atoms with Gasteiger partial charge in [0.25, 0.3) is 0 Å². The van der Waals surface area contributed by atoms with E-state index in [0.717, 1.165) is 6.20 Å². The molecule has 0 spiro atoms. The highest BCUT2D eigenvalue weighted by Crippen LogP contribution is 2.33. The lowest BCUT2D eigenvalue weighted by Gasteiger charge is -2.09. The fourth-order valence-corrected chi connectivity index (χ4v) is 1.33. The zero-order chi connectivity index (χ0) is 13.6. The molecule has 0 fully saturated rings. The molecule has 0 aromatic carbocycles. The van der Waals surface area contributed by atoms with Crippen molar-refractivity contribution >= 4 is 18.5 Å². The number of carbonyl (C=O) groups excluding carboxylic acids is 1. The van der Waals surface area contributed by atoms with E-state index in [0.29, 0.717) is 5.75 Å². The quantitative estimate of drug-likeness (QED) is 0.543. The van der Waals surface area contributed by atoms with Gasteiger partial charge in [-0.25, -0.2) is 0 Å². The van der Waals surface area contributed by atoms with E-state index >= 15 is 0 Å². The third-order valence-corrected chi connectivity index (χ3v) is 2.13. The Kier molecular flexibility index (Phi) is 5.32.